The lowest BCUT2D eigenvalue weighted by atomic mass is 9.42. The maximum atomic E-state index is 6.93. The van der Waals surface area contributed by atoms with E-state index in [1.807, 2.05) is 0 Å². The molecule has 8 fully saturated rings. The summed E-state index contributed by atoms with van der Waals surface area (Å²) in [6.45, 7) is 2.31. The first-order valence-corrected chi connectivity index (χ1v) is 27.5. The molecule has 8 aliphatic carbocycles. The van der Waals surface area contributed by atoms with E-state index in [9.17, 15) is 0 Å². The monoisotopic (exact) mass is 916 g/mol. The van der Waals surface area contributed by atoms with E-state index in [1.54, 1.807) is 11.1 Å². The van der Waals surface area contributed by atoms with Crippen LogP contribution in [0.15, 0.2) is 150 Å². The first kappa shape index (κ1) is 39.1. The second-order valence-electron chi connectivity index (χ2n) is 25.0. The number of benzene rings is 8. The molecule has 10 aliphatic rings. The van der Waals surface area contributed by atoms with Crippen LogP contribution in [-0.2, 0) is 10.8 Å². The highest BCUT2D eigenvalue weighted by Crippen LogP contribution is 2.63. The number of hydrogen-bond donors (Lipinski definition) is 0. The predicted molar refractivity (Wildman–Crippen MR) is 294 cm³/mol. The molecule has 8 aromatic carbocycles. The molecule has 3 nitrogen and oxygen atoms in total. The highest BCUT2D eigenvalue weighted by atomic mass is 16.3. The molecule has 0 atom stereocenters. The van der Waals surface area contributed by atoms with Crippen molar-refractivity contribution in [3.63, 3.8) is 0 Å². The van der Waals surface area contributed by atoms with Crippen molar-refractivity contribution in [2.24, 2.45) is 35.5 Å². The molecule has 2 aliphatic heterocycles. The zero-order chi connectivity index (χ0) is 46.1. The maximum Gasteiger partial charge on any atom is 0.333 e. The predicted octanol–water partition coefficient (Wildman–Crippen LogP) is 16.0. The van der Waals surface area contributed by atoms with E-state index in [0.717, 1.165) is 46.7 Å². The Morgan fingerprint density at radius 3 is 1.82 bits per heavy atom. The topological polar surface area (TPSA) is 21.3 Å². The van der Waals surface area contributed by atoms with E-state index in [1.165, 1.54) is 176 Å². The third-order valence-electron chi connectivity index (χ3n) is 20.8. The standard InChI is InChI=1S/C67H57BN2O/c1-38-19-55-62-58(17-18-60-63(62)54-27-47-9-5-6-10-48(47)28-61(54)71-60)70(51-14-11-46(12-15-51)45-7-3-2-4-8-45)68-56-31-50(67-35-42-24-43(36-67)26-44(25-42)37-67)30-53-52-29-49(66-32-39-21-40(33-66)23-41(22-39)34-66)13-16-57(52)69(65(53)56)59(20-38)64(55)68/h2-20,27-31,39-44H,21-26,32-37H2,1H3. The molecule has 4 heteroatoms. The Labute approximate surface area is 416 Å². The van der Waals surface area contributed by atoms with Crippen LogP contribution in [0.4, 0.5) is 11.4 Å². The summed E-state index contributed by atoms with van der Waals surface area (Å²) in [6.07, 6.45) is 17.1. The van der Waals surface area contributed by atoms with Gasteiger partial charge in [0.2, 0.25) is 0 Å². The average Bonchev–Trinajstić information content (AvgIpc) is 3.91. The Morgan fingerprint density at radius 2 is 1.13 bits per heavy atom. The smallest absolute Gasteiger partial charge is 0.333 e. The fraction of sp³-hybridized carbons (Fsp3) is 0.313. The van der Waals surface area contributed by atoms with Crippen molar-refractivity contribution in [1.82, 2.24) is 4.57 Å². The first-order chi connectivity index (χ1) is 34.9. The minimum absolute atomic E-state index is 0.0251. The Kier molecular flexibility index (Phi) is 7.44. The third kappa shape index (κ3) is 5.22. The highest BCUT2D eigenvalue weighted by molar-refractivity contribution is 6.93. The van der Waals surface area contributed by atoms with Crippen molar-refractivity contribution in [3.8, 4) is 27.9 Å². The van der Waals surface area contributed by atoms with E-state index in [0.29, 0.717) is 5.41 Å². The van der Waals surface area contributed by atoms with Gasteiger partial charge in [0.15, 0.2) is 0 Å². The number of hydrogen-bond acceptors (Lipinski definition) is 2. The average molecular weight is 917 g/mol. The van der Waals surface area contributed by atoms with Crippen LogP contribution in [0, 0.1) is 42.4 Å². The van der Waals surface area contributed by atoms with E-state index >= 15 is 0 Å². The normalized spacial score (nSPS) is 28.3. The Morgan fingerprint density at radius 1 is 0.507 bits per heavy atom. The summed E-state index contributed by atoms with van der Waals surface area (Å²) in [5.74, 6) is 5.36. The van der Waals surface area contributed by atoms with Crippen molar-refractivity contribution in [2.45, 2.75) is 94.8 Å². The summed E-state index contributed by atoms with van der Waals surface area (Å²) in [5.41, 5.74) is 21.8. The van der Waals surface area contributed by atoms with Gasteiger partial charge in [0, 0.05) is 44.2 Å². The lowest BCUT2D eigenvalue weighted by Gasteiger charge is -2.57. The second-order valence-corrected chi connectivity index (χ2v) is 25.0. The van der Waals surface area contributed by atoms with Gasteiger partial charge >= 0.3 is 6.85 Å². The van der Waals surface area contributed by atoms with Gasteiger partial charge in [-0.25, -0.2) is 0 Å². The summed E-state index contributed by atoms with van der Waals surface area (Å²) in [4.78, 5) is 2.77. The van der Waals surface area contributed by atoms with E-state index < -0.39 is 0 Å². The van der Waals surface area contributed by atoms with Crippen LogP contribution in [0.3, 0.4) is 0 Å². The molecular formula is C67H57BN2O. The molecule has 0 N–H and O–H groups in total. The Bertz CT molecular complexity index is 3910. The van der Waals surface area contributed by atoms with Crippen LogP contribution < -0.4 is 15.7 Å². The van der Waals surface area contributed by atoms with Gasteiger partial charge < -0.3 is 13.8 Å². The van der Waals surface area contributed by atoms with Crippen molar-refractivity contribution >= 4 is 83.7 Å². The summed E-state index contributed by atoms with van der Waals surface area (Å²) in [5, 5.41) is 7.85. The fourth-order valence-corrected chi connectivity index (χ4v) is 19.0. The SMILES string of the molecule is Cc1cc2c3c(c1)-n1c4ccc(C56CC7CC(CC(C7)C5)C6)cc4c4cc(C56CC7CC(CC(C7)C5)C6)cc(c41)B3N(c1ccc(-c3ccccc3)cc1)c1ccc3oc4cc5ccccc5cc4c3c1-2. The summed E-state index contributed by atoms with van der Waals surface area (Å²) in [6, 6.07) is 57.2. The van der Waals surface area contributed by atoms with Crippen LogP contribution in [0.1, 0.15) is 93.7 Å². The summed E-state index contributed by atoms with van der Waals surface area (Å²) in [7, 11) is 0. The number of aryl methyl sites for hydroxylation is 1. The van der Waals surface area contributed by atoms with Crippen LogP contribution in [0.5, 0.6) is 0 Å². The lowest BCUT2D eigenvalue weighted by molar-refractivity contribution is -0.00526. The number of aromatic nitrogens is 1. The van der Waals surface area contributed by atoms with Crippen molar-refractivity contribution in [1.29, 1.82) is 0 Å². The number of furan rings is 1. The molecule has 0 radical (unpaired) electrons. The van der Waals surface area contributed by atoms with Gasteiger partial charge in [0.25, 0.3) is 0 Å². The number of fused-ring (bicyclic) bond motifs is 12. The maximum absolute atomic E-state index is 6.93. The molecule has 0 saturated heterocycles. The molecule has 20 rings (SSSR count). The lowest BCUT2D eigenvalue weighted by Crippen LogP contribution is -2.61. The van der Waals surface area contributed by atoms with Crippen LogP contribution in [-0.4, -0.2) is 11.4 Å². The minimum atomic E-state index is -0.0251. The number of anilines is 2. The molecule has 0 spiro atoms. The van der Waals surface area contributed by atoms with Crippen LogP contribution >= 0.6 is 0 Å². The molecule has 0 unspecified atom stereocenters. The quantitative estimate of drug-likeness (QED) is 0.164. The Balaban J connectivity index is 0.952. The largest absolute Gasteiger partial charge is 0.456 e. The second kappa shape index (κ2) is 13.5. The fourth-order valence-electron chi connectivity index (χ4n) is 19.0. The Hall–Kier alpha value is -6.52. The zero-order valence-corrected chi connectivity index (χ0v) is 40.7. The van der Waals surface area contributed by atoms with Gasteiger partial charge in [-0.2, -0.15) is 0 Å². The molecule has 0 amide bonds. The molecule has 10 aromatic rings. The molecule has 8 bridgehead atoms. The van der Waals surface area contributed by atoms with Gasteiger partial charge in [-0.3, -0.25) is 0 Å². The van der Waals surface area contributed by atoms with Crippen LogP contribution in [0.25, 0.3) is 82.5 Å². The summed E-state index contributed by atoms with van der Waals surface area (Å²) < 4.78 is 9.69. The molecule has 8 saturated carbocycles. The molecule has 71 heavy (non-hydrogen) atoms. The molecule has 344 valence electrons. The van der Waals surface area contributed by atoms with Gasteiger partial charge in [-0.1, -0.05) is 84.9 Å². The van der Waals surface area contributed by atoms with E-state index in [2.05, 4.69) is 162 Å². The van der Waals surface area contributed by atoms with Gasteiger partial charge in [-0.15, -0.1) is 0 Å². The van der Waals surface area contributed by atoms with Gasteiger partial charge in [0.1, 0.15) is 11.2 Å². The number of nitrogens with zero attached hydrogens (tertiary/aromatic N) is 2. The van der Waals surface area contributed by atoms with E-state index in [4.69, 9.17) is 4.42 Å². The highest BCUT2D eigenvalue weighted by Gasteiger charge is 2.54. The molecule has 4 heterocycles. The van der Waals surface area contributed by atoms with Gasteiger partial charge in [0.05, 0.1) is 11.0 Å². The van der Waals surface area contributed by atoms with Crippen molar-refractivity contribution < 1.29 is 4.42 Å². The van der Waals surface area contributed by atoms with E-state index in [-0.39, 0.29) is 12.3 Å². The van der Waals surface area contributed by atoms with Crippen LogP contribution in [0.2, 0.25) is 0 Å². The molecule has 2 aromatic heterocycles. The number of rotatable bonds is 4. The third-order valence-corrected chi connectivity index (χ3v) is 20.8. The minimum Gasteiger partial charge on any atom is -0.456 e. The zero-order valence-electron chi connectivity index (χ0n) is 40.7. The molecular weight excluding hydrogens is 860 g/mol. The van der Waals surface area contributed by atoms with Crippen molar-refractivity contribution in [2.75, 3.05) is 4.81 Å². The summed E-state index contributed by atoms with van der Waals surface area (Å²) >= 11 is 0. The van der Waals surface area contributed by atoms with Crippen molar-refractivity contribution in [3.05, 3.63) is 162 Å². The van der Waals surface area contributed by atoms with Gasteiger partial charge in [-0.05, 0) is 246 Å². The first-order valence-electron chi connectivity index (χ1n) is 27.5.